The number of pyridine rings is 1. The molecule has 3 aromatic rings. The van der Waals surface area contributed by atoms with E-state index in [9.17, 15) is 19.6 Å². The summed E-state index contributed by atoms with van der Waals surface area (Å²) in [6.07, 6.45) is 1.53. The van der Waals surface area contributed by atoms with Gasteiger partial charge >= 0.3 is 0 Å². The average Bonchev–Trinajstić information content (AvgIpc) is 3.31. The largest absolute Gasteiger partial charge is 0.333 e. The Balaban J connectivity index is 1.59. The van der Waals surface area contributed by atoms with Crippen LogP contribution in [0.2, 0.25) is 0 Å². The molecule has 0 saturated heterocycles. The Labute approximate surface area is 202 Å². The maximum Gasteiger partial charge on any atom is 0.273 e. The molecule has 1 aliphatic heterocycles. The van der Waals surface area contributed by atoms with Crippen LogP contribution in [0.4, 0.5) is 5.69 Å². The molecule has 10 nitrogen and oxygen atoms in total. The van der Waals surface area contributed by atoms with Crippen LogP contribution in [0.1, 0.15) is 53.4 Å². The number of aromatic nitrogens is 3. The molecule has 178 valence electrons. The van der Waals surface area contributed by atoms with Crippen molar-refractivity contribution < 1.29 is 14.4 Å². The van der Waals surface area contributed by atoms with Gasteiger partial charge in [-0.1, -0.05) is 19.9 Å². The van der Waals surface area contributed by atoms with Crippen molar-refractivity contribution in [1.82, 2.24) is 25.0 Å². The van der Waals surface area contributed by atoms with Crippen molar-refractivity contribution in [2.24, 2.45) is 5.92 Å². The van der Waals surface area contributed by atoms with E-state index in [4.69, 9.17) is 0 Å². The summed E-state index contributed by atoms with van der Waals surface area (Å²) >= 11 is 0. The predicted octanol–water partition coefficient (Wildman–Crippen LogP) is 2.82. The lowest BCUT2D eigenvalue weighted by molar-refractivity contribution is -0.118. The number of fused-ring (bicyclic) bond motifs is 1. The van der Waals surface area contributed by atoms with Crippen LogP contribution >= 0.6 is 0 Å². The second-order valence-electron chi connectivity index (χ2n) is 8.63. The van der Waals surface area contributed by atoms with Crippen molar-refractivity contribution in [3.63, 3.8) is 0 Å². The highest BCUT2D eigenvalue weighted by Gasteiger charge is 2.31. The third-order valence-electron chi connectivity index (χ3n) is 5.68. The molecule has 4 rings (SSSR count). The summed E-state index contributed by atoms with van der Waals surface area (Å²) in [5.74, 6) is -1.08. The van der Waals surface area contributed by atoms with Gasteiger partial charge in [-0.2, -0.15) is 10.4 Å². The Morgan fingerprint density at radius 2 is 2.03 bits per heavy atom. The quantitative estimate of drug-likeness (QED) is 0.568. The lowest BCUT2D eigenvalue weighted by Gasteiger charge is -2.31. The number of nitrogens with zero attached hydrogens (tertiary/aromatic N) is 5. The standard InChI is InChI=1S/C25H25N7O3/c1-15(2)23(33)29-20-10-17(12-26)7-8-18(20)21-11-22-25(35)31(13-16(3)32(22)30-21)14-28-24(34)19-6-4-5-9-27-19/h4-11,15-16H,13-14H2,1-3H3,(H,28,34)(H,29,33)/t16-/m0/s1. The van der Waals surface area contributed by atoms with E-state index in [1.54, 1.807) is 65.9 Å². The number of amides is 3. The zero-order valence-corrected chi connectivity index (χ0v) is 19.6. The first-order chi connectivity index (χ1) is 16.8. The van der Waals surface area contributed by atoms with Crippen LogP contribution in [0.5, 0.6) is 0 Å². The maximum absolute atomic E-state index is 13.2. The number of rotatable bonds is 6. The molecule has 0 bridgehead atoms. The normalized spacial score (nSPS) is 14.9. The van der Waals surface area contributed by atoms with Crippen LogP contribution in [-0.2, 0) is 4.79 Å². The van der Waals surface area contributed by atoms with E-state index < -0.39 is 0 Å². The Morgan fingerprint density at radius 1 is 1.23 bits per heavy atom. The second-order valence-corrected chi connectivity index (χ2v) is 8.63. The van der Waals surface area contributed by atoms with Gasteiger partial charge in [0.25, 0.3) is 11.8 Å². The summed E-state index contributed by atoms with van der Waals surface area (Å²) < 4.78 is 1.65. The SMILES string of the molecule is CC(C)C(=O)Nc1cc(C#N)ccc1-c1cc2n(n1)[C@@H](C)CN(CNC(=O)c1ccccn1)C2=O. The van der Waals surface area contributed by atoms with Gasteiger partial charge in [-0.25, -0.2) is 0 Å². The Kier molecular flexibility index (Phi) is 6.59. The first kappa shape index (κ1) is 23.6. The van der Waals surface area contributed by atoms with E-state index >= 15 is 0 Å². The number of nitriles is 1. The van der Waals surface area contributed by atoms with E-state index in [2.05, 4.69) is 26.8 Å². The van der Waals surface area contributed by atoms with Crippen LogP contribution in [0, 0.1) is 17.2 Å². The molecule has 3 amide bonds. The summed E-state index contributed by atoms with van der Waals surface area (Å²) in [6, 6.07) is 13.6. The number of hydrogen-bond donors (Lipinski definition) is 2. The minimum absolute atomic E-state index is 0.0334. The molecule has 0 saturated carbocycles. The fourth-order valence-corrected chi connectivity index (χ4v) is 3.77. The van der Waals surface area contributed by atoms with Gasteiger partial charge in [-0.3, -0.25) is 24.0 Å². The minimum Gasteiger partial charge on any atom is -0.333 e. The smallest absolute Gasteiger partial charge is 0.273 e. The number of hydrogen-bond acceptors (Lipinski definition) is 6. The second kappa shape index (κ2) is 9.77. The number of carbonyl (C=O) groups is 3. The molecular weight excluding hydrogens is 446 g/mol. The van der Waals surface area contributed by atoms with Gasteiger partial charge in [0, 0.05) is 24.2 Å². The van der Waals surface area contributed by atoms with Gasteiger partial charge in [-0.05, 0) is 43.3 Å². The first-order valence-electron chi connectivity index (χ1n) is 11.2. The highest BCUT2D eigenvalue weighted by atomic mass is 16.2. The summed E-state index contributed by atoms with van der Waals surface area (Å²) in [6.45, 7) is 5.88. The highest BCUT2D eigenvalue weighted by molar-refractivity contribution is 5.98. The fourth-order valence-electron chi connectivity index (χ4n) is 3.77. The molecule has 1 aliphatic rings. The van der Waals surface area contributed by atoms with Crippen molar-refractivity contribution >= 4 is 23.4 Å². The molecule has 3 heterocycles. The van der Waals surface area contributed by atoms with Crippen molar-refractivity contribution in [3.8, 4) is 17.3 Å². The van der Waals surface area contributed by atoms with Crippen LogP contribution in [0.3, 0.4) is 0 Å². The van der Waals surface area contributed by atoms with E-state index in [0.29, 0.717) is 34.7 Å². The van der Waals surface area contributed by atoms with Crippen LogP contribution in [0.25, 0.3) is 11.3 Å². The number of nitrogens with one attached hydrogen (secondary N) is 2. The van der Waals surface area contributed by atoms with E-state index in [1.165, 1.54) is 6.20 Å². The Morgan fingerprint density at radius 3 is 2.71 bits per heavy atom. The lowest BCUT2D eigenvalue weighted by Crippen LogP contribution is -2.47. The van der Waals surface area contributed by atoms with Gasteiger partial charge in [-0.15, -0.1) is 0 Å². The zero-order chi connectivity index (χ0) is 25.1. The molecule has 0 unspecified atom stereocenters. The average molecular weight is 472 g/mol. The zero-order valence-electron chi connectivity index (χ0n) is 19.6. The summed E-state index contributed by atoms with van der Waals surface area (Å²) in [7, 11) is 0. The third kappa shape index (κ3) is 4.89. The van der Waals surface area contributed by atoms with Crippen LogP contribution < -0.4 is 10.6 Å². The topological polar surface area (TPSA) is 133 Å². The fraction of sp³-hybridized carbons (Fsp3) is 0.280. The molecular formula is C25H25N7O3. The van der Waals surface area contributed by atoms with Gasteiger partial charge < -0.3 is 15.5 Å². The molecule has 1 aromatic carbocycles. The minimum atomic E-state index is -0.367. The Hall–Kier alpha value is -4.52. The van der Waals surface area contributed by atoms with Crippen LogP contribution in [-0.4, -0.2) is 50.6 Å². The molecule has 2 N–H and O–H groups in total. The van der Waals surface area contributed by atoms with Crippen molar-refractivity contribution in [3.05, 3.63) is 65.6 Å². The van der Waals surface area contributed by atoms with E-state index in [1.807, 2.05) is 6.92 Å². The van der Waals surface area contributed by atoms with Gasteiger partial charge in [0.05, 0.1) is 35.7 Å². The van der Waals surface area contributed by atoms with Gasteiger partial charge in [0.1, 0.15) is 11.4 Å². The molecule has 1 atom stereocenters. The highest BCUT2D eigenvalue weighted by Crippen LogP contribution is 2.32. The van der Waals surface area contributed by atoms with Crippen molar-refractivity contribution in [1.29, 1.82) is 5.26 Å². The van der Waals surface area contributed by atoms with Crippen molar-refractivity contribution in [2.75, 3.05) is 18.5 Å². The number of anilines is 1. The molecule has 10 heteroatoms. The number of benzene rings is 1. The predicted molar refractivity (Wildman–Crippen MR) is 128 cm³/mol. The lowest BCUT2D eigenvalue weighted by atomic mass is 10.0. The third-order valence-corrected chi connectivity index (χ3v) is 5.68. The van der Waals surface area contributed by atoms with Gasteiger partial charge in [0.2, 0.25) is 5.91 Å². The van der Waals surface area contributed by atoms with Crippen LogP contribution in [0.15, 0.2) is 48.7 Å². The Bertz CT molecular complexity index is 1320. The summed E-state index contributed by atoms with van der Waals surface area (Å²) in [5, 5.41) is 19.5. The van der Waals surface area contributed by atoms with Crippen molar-refractivity contribution in [2.45, 2.75) is 26.8 Å². The monoisotopic (exact) mass is 471 g/mol. The van der Waals surface area contributed by atoms with E-state index in [0.717, 1.165) is 0 Å². The number of carbonyl (C=O) groups excluding carboxylic acids is 3. The molecule has 0 fully saturated rings. The van der Waals surface area contributed by atoms with Gasteiger partial charge in [0.15, 0.2) is 0 Å². The summed E-state index contributed by atoms with van der Waals surface area (Å²) in [4.78, 5) is 43.5. The molecule has 35 heavy (non-hydrogen) atoms. The van der Waals surface area contributed by atoms with E-state index in [-0.39, 0.29) is 42.0 Å². The molecule has 0 spiro atoms. The summed E-state index contributed by atoms with van der Waals surface area (Å²) in [5.41, 5.74) is 2.61. The maximum atomic E-state index is 13.2. The molecule has 0 aliphatic carbocycles. The first-order valence-corrected chi connectivity index (χ1v) is 11.2. The molecule has 0 radical (unpaired) electrons. The molecule has 2 aromatic heterocycles.